The second-order valence-electron chi connectivity index (χ2n) is 6.52. The van der Waals surface area contributed by atoms with Crippen molar-refractivity contribution in [2.45, 2.75) is 13.0 Å². The molecule has 0 N–H and O–H groups in total. The summed E-state index contributed by atoms with van der Waals surface area (Å²) in [6.45, 7) is 2.01. The molecule has 2 aromatic heterocycles. The molecule has 4 nitrogen and oxygen atoms in total. The van der Waals surface area contributed by atoms with Crippen molar-refractivity contribution in [1.82, 2.24) is 19.1 Å². The summed E-state index contributed by atoms with van der Waals surface area (Å²) < 4.78 is 4.28. The first-order chi connectivity index (χ1) is 12.2. The lowest BCUT2D eigenvalue weighted by Crippen LogP contribution is -2.10. The summed E-state index contributed by atoms with van der Waals surface area (Å²) in [5.41, 5.74) is 6.15. The summed E-state index contributed by atoms with van der Waals surface area (Å²) in [4.78, 5) is 9.29. The number of benzene rings is 2. The van der Waals surface area contributed by atoms with E-state index in [-0.39, 0.29) is 6.04 Å². The molecule has 0 aliphatic heterocycles. The Morgan fingerprint density at radius 3 is 2.16 bits per heavy atom. The van der Waals surface area contributed by atoms with Crippen LogP contribution in [-0.4, -0.2) is 19.1 Å². The summed E-state index contributed by atoms with van der Waals surface area (Å²) in [5.74, 6) is 1.89. The second-order valence-corrected chi connectivity index (χ2v) is 6.52. The zero-order valence-electron chi connectivity index (χ0n) is 14.2. The number of fused-ring (bicyclic) bond motifs is 3. The second kappa shape index (κ2) is 5.18. The highest BCUT2D eigenvalue weighted by Gasteiger charge is 2.31. The molecule has 4 heteroatoms. The molecule has 1 aliphatic carbocycles. The fourth-order valence-corrected chi connectivity index (χ4v) is 3.82. The van der Waals surface area contributed by atoms with Crippen LogP contribution in [-0.2, 0) is 7.05 Å². The van der Waals surface area contributed by atoms with E-state index in [1.807, 2.05) is 30.9 Å². The maximum atomic E-state index is 4.68. The minimum atomic E-state index is 0.132. The molecule has 0 unspecified atom stereocenters. The van der Waals surface area contributed by atoms with Crippen LogP contribution in [0.4, 0.5) is 0 Å². The van der Waals surface area contributed by atoms with Crippen LogP contribution in [0.5, 0.6) is 0 Å². The molecule has 5 rings (SSSR count). The zero-order valence-corrected chi connectivity index (χ0v) is 14.2. The Balaban J connectivity index is 1.74. The van der Waals surface area contributed by atoms with Crippen molar-refractivity contribution in [1.29, 1.82) is 0 Å². The summed E-state index contributed by atoms with van der Waals surface area (Å²) in [7, 11) is 2.01. The van der Waals surface area contributed by atoms with Crippen molar-refractivity contribution in [2.24, 2.45) is 7.05 Å². The van der Waals surface area contributed by atoms with Gasteiger partial charge < -0.3 is 9.13 Å². The number of rotatable bonds is 2. The number of hydrogen-bond acceptors (Lipinski definition) is 2. The molecular weight excluding hydrogens is 308 g/mol. The molecule has 2 aromatic carbocycles. The number of aryl methyl sites for hydroxylation is 2. The van der Waals surface area contributed by atoms with E-state index in [1.165, 1.54) is 22.3 Å². The predicted octanol–water partition coefficient (Wildman–Crippen LogP) is 4.21. The Bertz CT molecular complexity index is 1020. The van der Waals surface area contributed by atoms with Crippen molar-refractivity contribution in [2.75, 3.05) is 0 Å². The number of nitrogens with zero attached hydrogens (tertiary/aromatic N) is 4. The minimum absolute atomic E-state index is 0.132. The fourth-order valence-electron chi connectivity index (χ4n) is 3.82. The van der Waals surface area contributed by atoms with E-state index in [9.17, 15) is 0 Å². The fraction of sp³-hybridized carbons (Fsp3) is 0.143. The smallest absolute Gasteiger partial charge is 0.161 e. The van der Waals surface area contributed by atoms with Crippen molar-refractivity contribution < 1.29 is 0 Å². The molecule has 25 heavy (non-hydrogen) atoms. The average Bonchev–Trinajstić information content (AvgIpc) is 3.31. The lowest BCUT2D eigenvalue weighted by molar-refractivity contribution is 0.698. The zero-order chi connectivity index (χ0) is 17.0. The van der Waals surface area contributed by atoms with Gasteiger partial charge in [0.25, 0.3) is 0 Å². The summed E-state index contributed by atoms with van der Waals surface area (Å²) in [6.07, 6.45) is 5.96. The molecule has 122 valence electrons. The standard InChI is InChI=1S/C21H18N4/c1-14-23-19(13-24(14)2)21-22-11-12-25(21)20-17-9-5-3-7-15(17)16-8-4-6-10-18(16)20/h3-13,20H,1-2H3. The normalized spacial score (nSPS) is 13.0. The molecule has 0 amide bonds. The van der Waals surface area contributed by atoms with E-state index in [0.29, 0.717) is 0 Å². The molecule has 0 saturated heterocycles. The largest absolute Gasteiger partial charge is 0.337 e. The van der Waals surface area contributed by atoms with E-state index < -0.39 is 0 Å². The van der Waals surface area contributed by atoms with Gasteiger partial charge in [0, 0.05) is 25.6 Å². The van der Waals surface area contributed by atoms with Crippen molar-refractivity contribution in [3.63, 3.8) is 0 Å². The lowest BCUT2D eigenvalue weighted by atomic mass is 10.1. The van der Waals surface area contributed by atoms with Gasteiger partial charge in [-0.25, -0.2) is 9.97 Å². The molecule has 0 spiro atoms. The Morgan fingerprint density at radius 1 is 0.920 bits per heavy atom. The monoisotopic (exact) mass is 326 g/mol. The molecule has 2 heterocycles. The third kappa shape index (κ3) is 2.00. The lowest BCUT2D eigenvalue weighted by Gasteiger charge is -2.17. The average molecular weight is 326 g/mol. The Morgan fingerprint density at radius 2 is 1.56 bits per heavy atom. The topological polar surface area (TPSA) is 35.6 Å². The Kier molecular flexibility index (Phi) is 2.95. The van der Waals surface area contributed by atoms with Gasteiger partial charge >= 0.3 is 0 Å². The number of imidazole rings is 2. The molecule has 0 fully saturated rings. The van der Waals surface area contributed by atoms with Gasteiger partial charge in [0.2, 0.25) is 0 Å². The Labute approximate surface area is 146 Å². The highest BCUT2D eigenvalue weighted by molar-refractivity contribution is 5.79. The van der Waals surface area contributed by atoms with E-state index in [0.717, 1.165) is 17.3 Å². The van der Waals surface area contributed by atoms with Crippen LogP contribution in [0.2, 0.25) is 0 Å². The van der Waals surface area contributed by atoms with Crippen molar-refractivity contribution >= 4 is 0 Å². The predicted molar refractivity (Wildman–Crippen MR) is 98.3 cm³/mol. The summed E-state index contributed by atoms with van der Waals surface area (Å²) >= 11 is 0. The first-order valence-corrected chi connectivity index (χ1v) is 8.45. The van der Waals surface area contributed by atoms with Crippen LogP contribution in [0, 0.1) is 6.92 Å². The maximum absolute atomic E-state index is 4.68. The molecule has 0 saturated carbocycles. The maximum Gasteiger partial charge on any atom is 0.161 e. The van der Waals surface area contributed by atoms with Gasteiger partial charge in [0.15, 0.2) is 5.82 Å². The van der Waals surface area contributed by atoms with Gasteiger partial charge in [-0.2, -0.15) is 0 Å². The number of hydrogen-bond donors (Lipinski definition) is 0. The minimum Gasteiger partial charge on any atom is -0.337 e. The molecule has 4 aromatic rings. The van der Waals surface area contributed by atoms with Crippen LogP contribution >= 0.6 is 0 Å². The van der Waals surface area contributed by atoms with Crippen LogP contribution in [0.25, 0.3) is 22.6 Å². The van der Waals surface area contributed by atoms with Gasteiger partial charge in [-0.15, -0.1) is 0 Å². The highest BCUT2D eigenvalue weighted by atomic mass is 15.1. The third-order valence-corrected chi connectivity index (χ3v) is 5.09. The van der Waals surface area contributed by atoms with E-state index in [4.69, 9.17) is 0 Å². The van der Waals surface area contributed by atoms with Crippen LogP contribution in [0.15, 0.2) is 67.1 Å². The summed E-state index contributed by atoms with van der Waals surface area (Å²) in [5, 5.41) is 0. The van der Waals surface area contributed by atoms with Crippen LogP contribution in [0.1, 0.15) is 23.0 Å². The van der Waals surface area contributed by atoms with Gasteiger partial charge in [0.1, 0.15) is 11.5 Å². The molecule has 0 radical (unpaired) electrons. The van der Waals surface area contributed by atoms with E-state index in [2.05, 4.69) is 69.3 Å². The van der Waals surface area contributed by atoms with E-state index in [1.54, 1.807) is 0 Å². The van der Waals surface area contributed by atoms with Crippen molar-refractivity contribution in [3.05, 3.63) is 84.1 Å². The summed E-state index contributed by atoms with van der Waals surface area (Å²) in [6, 6.07) is 17.4. The van der Waals surface area contributed by atoms with E-state index >= 15 is 0 Å². The van der Waals surface area contributed by atoms with Crippen molar-refractivity contribution in [3.8, 4) is 22.6 Å². The SMILES string of the molecule is Cc1nc(-c2nccn2C2c3ccccc3-c3ccccc32)cn1C. The highest BCUT2D eigenvalue weighted by Crippen LogP contribution is 2.46. The number of aromatic nitrogens is 4. The van der Waals surface area contributed by atoms with Gasteiger partial charge in [-0.05, 0) is 29.2 Å². The van der Waals surface area contributed by atoms with Gasteiger partial charge in [-0.3, -0.25) is 0 Å². The Hall–Kier alpha value is -3.14. The molecule has 0 bridgehead atoms. The first kappa shape index (κ1) is 14.2. The third-order valence-electron chi connectivity index (χ3n) is 5.09. The molecular formula is C21H18N4. The van der Waals surface area contributed by atoms with Gasteiger partial charge in [0.05, 0.1) is 6.04 Å². The van der Waals surface area contributed by atoms with Crippen LogP contribution in [0.3, 0.4) is 0 Å². The van der Waals surface area contributed by atoms with Gasteiger partial charge in [-0.1, -0.05) is 48.5 Å². The quantitative estimate of drug-likeness (QED) is 0.487. The molecule has 1 aliphatic rings. The molecule has 0 atom stereocenters. The van der Waals surface area contributed by atoms with Crippen LogP contribution < -0.4 is 0 Å². The first-order valence-electron chi connectivity index (χ1n) is 8.45.